The third-order valence-electron chi connectivity index (χ3n) is 2.38. The number of hydrogen-bond donors (Lipinski definition) is 2. The molecule has 1 radical (unpaired) electrons. The second-order valence-electron chi connectivity index (χ2n) is 3.32. The first-order valence-electron chi connectivity index (χ1n) is 4.59. The normalized spacial score (nSPS) is 9.65. The number of benzene rings is 2. The van der Waals surface area contributed by atoms with Crippen molar-refractivity contribution >= 4 is 22.7 Å². The van der Waals surface area contributed by atoms with Gasteiger partial charge in [0.1, 0.15) is 0 Å². The summed E-state index contributed by atoms with van der Waals surface area (Å²) in [6, 6.07) is 9.19. The predicted octanol–water partition coefficient (Wildman–Crippen LogP) is 2.23. The molecule has 0 aliphatic rings. The average molecular weight is 275 g/mol. The average Bonchev–Trinajstić information content (AvgIpc) is 2.27. The fourth-order valence-corrected chi connectivity index (χ4v) is 1.67. The molecule has 2 N–H and O–H groups in total. The monoisotopic (exact) mass is 275 g/mol. The van der Waals surface area contributed by atoms with Gasteiger partial charge in [0, 0.05) is 16.8 Å². The fraction of sp³-hybridized carbons (Fsp3) is 0. The van der Waals surface area contributed by atoms with Crippen LogP contribution in [-0.2, 0) is 16.8 Å². The molecule has 2 rings (SSSR count). The number of carbonyl (C=O) groups is 2. The number of hydrogen-bond acceptors (Lipinski definition) is 2. The van der Waals surface area contributed by atoms with Crippen LogP contribution in [-0.4, -0.2) is 22.2 Å². The SMILES string of the molecule is O=C(O)c1ccc(C(=O)O)c2ccccc12.[Co]. The van der Waals surface area contributed by atoms with Crippen LogP contribution in [0.3, 0.4) is 0 Å². The Morgan fingerprint density at radius 3 is 1.41 bits per heavy atom. The van der Waals surface area contributed by atoms with Crippen LogP contribution in [0, 0.1) is 0 Å². The van der Waals surface area contributed by atoms with Gasteiger partial charge in [-0.1, -0.05) is 24.3 Å². The van der Waals surface area contributed by atoms with E-state index in [2.05, 4.69) is 0 Å². The van der Waals surface area contributed by atoms with Crippen molar-refractivity contribution in [2.75, 3.05) is 0 Å². The van der Waals surface area contributed by atoms with Crippen molar-refractivity contribution in [1.82, 2.24) is 0 Å². The van der Waals surface area contributed by atoms with Crippen molar-refractivity contribution < 1.29 is 36.6 Å². The van der Waals surface area contributed by atoms with E-state index in [0.717, 1.165) is 0 Å². The maximum atomic E-state index is 10.9. The summed E-state index contributed by atoms with van der Waals surface area (Å²) in [6.45, 7) is 0. The van der Waals surface area contributed by atoms with Gasteiger partial charge in [0.05, 0.1) is 11.1 Å². The molecule has 0 heterocycles. The first-order valence-corrected chi connectivity index (χ1v) is 4.59. The third kappa shape index (κ3) is 2.30. The summed E-state index contributed by atoms with van der Waals surface area (Å²) in [6.07, 6.45) is 0. The molecule has 0 fully saturated rings. The Balaban J connectivity index is 0.00000144. The fourth-order valence-electron chi connectivity index (χ4n) is 1.67. The second kappa shape index (κ2) is 4.98. The number of fused-ring (bicyclic) bond motifs is 1. The summed E-state index contributed by atoms with van der Waals surface area (Å²) in [5.74, 6) is -2.12. The van der Waals surface area contributed by atoms with Crippen molar-refractivity contribution in [2.24, 2.45) is 0 Å². The van der Waals surface area contributed by atoms with Gasteiger partial charge in [-0.05, 0) is 22.9 Å². The Hall–Kier alpha value is -1.85. The predicted molar refractivity (Wildman–Crippen MR) is 57.9 cm³/mol. The van der Waals surface area contributed by atoms with Crippen LogP contribution < -0.4 is 0 Å². The molecule has 0 atom stereocenters. The maximum absolute atomic E-state index is 10.9. The third-order valence-corrected chi connectivity index (χ3v) is 2.38. The molecule has 0 aromatic heterocycles. The van der Waals surface area contributed by atoms with E-state index in [9.17, 15) is 9.59 Å². The van der Waals surface area contributed by atoms with E-state index in [0.29, 0.717) is 10.8 Å². The molecule has 89 valence electrons. The summed E-state index contributed by atoms with van der Waals surface area (Å²) in [5, 5.41) is 18.8. The molecule has 17 heavy (non-hydrogen) atoms. The van der Waals surface area contributed by atoms with Gasteiger partial charge in [0.25, 0.3) is 0 Å². The largest absolute Gasteiger partial charge is 0.478 e. The van der Waals surface area contributed by atoms with Crippen LogP contribution in [0.15, 0.2) is 36.4 Å². The molecule has 2 aromatic carbocycles. The van der Waals surface area contributed by atoms with Gasteiger partial charge in [-0.15, -0.1) is 0 Å². The van der Waals surface area contributed by atoms with Crippen LogP contribution in [0.25, 0.3) is 10.8 Å². The van der Waals surface area contributed by atoms with Gasteiger partial charge in [-0.3, -0.25) is 0 Å². The Kier molecular flexibility index (Phi) is 3.87. The van der Waals surface area contributed by atoms with Crippen molar-refractivity contribution in [3.05, 3.63) is 47.5 Å². The summed E-state index contributed by atoms with van der Waals surface area (Å²) in [4.78, 5) is 21.9. The second-order valence-corrected chi connectivity index (χ2v) is 3.32. The smallest absolute Gasteiger partial charge is 0.336 e. The van der Waals surface area contributed by atoms with E-state index in [1.165, 1.54) is 12.1 Å². The molecule has 0 saturated heterocycles. The molecule has 0 aliphatic heterocycles. The van der Waals surface area contributed by atoms with Crippen molar-refractivity contribution in [2.45, 2.75) is 0 Å². The van der Waals surface area contributed by atoms with Gasteiger partial charge in [-0.25, -0.2) is 9.59 Å². The van der Waals surface area contributed by atoms with Crippen LogP contribution in [0.5, 0.6) is 0 Å². The molecular formula is C12H8CoO4. The van der Waals surface area contributed by atoms with E-state index >= 15 is 0 Å². The van der Waals surface area contributed by atoms with Crippen LogP contribution in [0.4, 0.5) is 0 Å². The van der Waals surface area contributed by atoms with Gasteiger partial charge in [0.2, 0.25) is 0 Å². The molecule has 0 amide bonds. The molecule has 0 saturated carbocycles. The maximum Gasteiger partial charge on any atom is 0.336 e. The van der Waals surface area contributed by atoms with E-state index < -0.39 is 11.9 Å². The summed E-state index contributed by atoms with van der Waals surface area (Å²) in [5.41, 5.74) is 0.223. The molecule has 0 bridgehead atoms. The number of rotatable bonds is 2. The van der Waals surface area contributed by atoms with Crippen molar-refractivity contribution in [3.63, 3.8) is 0 Å². The minimum absolute atomic E-state index is 0. The molecule has 2 aromatic rings. The van der Waals surface area contributed by atoms with Crippen LogP contribution in [0.2, 0.25) is 0 Å². The quantitative estimate of drug-likeness (QED) is 0.881. The van der Waals surface area contributed by atoms with Crippen LogP contribution in [0.1, 0.15) is 20.7 Å². The molecule has 5 heteroatoms. The molecule has 0 aliphatic carbocycles. The standard InChI is InChI=1S/C12H8O4.Co/c13-11(14)9-5-6-10(12(15)16)8-4-2-1-3-7(8)9;/h1-6H,(H,13,14)(H,15,16);. The summed E-state index contributed by atoms with van der Waals surface area (Å²) in [7, 11) is 0. The van der Waals surface area contributed by atoms with Gasteiger partial charge in [-0.2, -0.15) is 0 Å². The Morgan fingerprint density at radius 1 is 0.765 bits per heavy atom. The van der Waals surface area contributed by atoms with Crippen molar-refractivity contribution in [1.29, 1.82) is 0 Å². The Labute approximate surface area is 107 Å². The van der Waals surface area contributed by atoms with E-state index in [1.807, 2.05) is 0 Å². The first-order chi connectivity index (χ1) is 7.61. The topological polar surface area (TPSA) is 74.6 Å². The molecule has 0 unspecified atom stereocenters. The van der Waals surface area contributed by atoms with Crippen molar-refractivity contribution in [3.8, 4) is 0 Å². The number of aromatic carboxylic acids is 2. The minimum atomic E-state index is -1.06. The van der Waals surface area contributed by atoms with Gasteiger partial charge in [0.15, 0.2) is 0 Å². The van der Waals surface area contributed by atoms with E-state index in [-0.39, 0.29) is 27.9 Å². The van der Waals surface area contributed by atoms with Gasteiger partial charge >= 0.3 is 11.9 Å². The molecule has 0 spiro atoms. The van der Waals surface area contributed by atoms with Gasteiger partial charge < -0.3 is 10.2 Å². The summed E-state index contributed by atoms with van der Waals surface area (Å²) >= 11 is 0. The van der Waals surface area contributed by atoms with E-state index in [4.69, 9.17) is 10.2 Å². The number of carboxylic acids is 2. The molecular weight excluding hydrogens is 267 g/mol. The summed E-state index contributed by atoms with van der Waals surface area (Å²) < 4.78 is 0. The van der Waals surface area contributed by atoms with E-state index in [1.54, 1.807) is 24.3 Å². The Bertz CT molecular complexity index is 540. The molecule has 4 nitrogen and oxygen atoms in total. The minimum Gasteiger partial charge on any atom is -0.478 e. The Morgan fingerprint density at radius 2 is 1.12 bits per heavy atom. The zero-order valence-electron chi connectivity index (χ0n) is 8.51. The van der Waals surface area contributed by atoms with Crippen LogP contribution >= 0.6 is 0 Å². The zero-order chi connectivity index (χ0) is 11.7. The number of carboxylic acid groups (broad SMARTS) is 2. The zero-order valence-corrected chi connectivity index (χ0v) is 9.55. The first kappa shape index (κ1) is 13.2.